The number of hydrogen-bond acceptors (Lipinski definition) is 4. The van der Waals surface area contributed by atoms with E-state index in [4.69, 9.17) is 9.47 Å². The van der Waals surface area contributed by atoms with Crippen LogP contribution in [0.15, 0.2) is 30.3 Å². The van der Waals surface area contributed by atoms with Gasteiger partial charge in [0.25, 0.3) is 5.91 Å². The highest BCUT2D eigenvalue weighted by atomic mass is 16.5. The van der Waals surface area contributed by atoms with Crippen LogP contribution in [0.2, 0.25) is 0 Å². The van der Waals surface area contributed by atoms with Crippen molar-refractivity contribution in [3.05, 3.63) is 35.9 Å². The second-order valence-electron chi connectivity index (χ2n) is 7.13. The third-order valence-electron chi connectivity index (χ3n) is 5.34. The fourth-order valence-electron chi connectivity index (χ4n) is 3.71. The normalized spacial score (nSPS) is 24.2. The van der Waals surface area contributed by atoms with Gasteiger partial charge in [-0.1, -0.05) is 30.3 Å². The Morgan fingerprint density at radius 2 is 2.00 bits per heavy atom. The highest BCUT2D eigenvalue weighted by Gasteiger charge is 2.30. The first-order valence-electron chi connectivity index (χ1n) is 9.40. The first-order valence-corrected chi connectivity index (χ1v) is 9.40. The number of ether oxygens (including phenoxy) is 2. The molecule has 0 radical (unpaired) electrons. The maximum absolute atomic E-state index is 12.5. The number of rotatable bonds is 6. The fourth-order valence-corrected chi connectivity index (χ4v) is 3.71. The third-order valence-corrected chi connectivity index (χ3v) is 5.34. The lowest BCUT2D eigenvalue weighted by Gasteiger charge is -2.35. The van der Waals surface area contributed by atoms with Crippen LogP contribution >= 0.6 is 0 Å². The summed E-state index contributed by atoms with van der Waals surface area (Å²) >= 11 is 0. The van der Waals surface area contributed by atoms with Gasteiger partial charge in [-0.15, -0.1) is 0 Å². The average Bonchev–Trinajstić information content (AvgIpc) is 3.19. The van der Waals surface area contributed by atoms with Gasteiger partial charge < -0.3 is 19.5 Å². The van der Waals surface area contributed by atoms with Crippen molar-refractivity contribution in [3.8, 4) is 0 Å². The molecule has 3 unspecified atom stereocenters. The van der Waals surface area contributed by atoms with E-state index in [1.165, 1.54) is 0 Å². The van der Waals surface area contributed by atoms with Gasteiger partial charge in [0, 0.05) is 19.7 Å². The van der Waals surface area contributed by atoms with Crippen molar-refractivity contribution in [2.75, 3.05) is 26.3 Å². The molecule has 3 rings (SSSR count). The van der Waals surface area contributed by atoms with E-state index in [-0.39, 0.29) is 17.9 Å². The minimum Gasteiger partial charge on any atom is -0.388 e. The zero-order valence-corrected chi connectivity index (χ0v) is 15.0. The number of amides is 1. The Balaban J connectivity index is 1.43. The molecule has 2 heterocycles. The Morgan fingerprint density at radius 1 is 1.28 bits per heavy atom. The van der Waals surface area contributed by atoms with Crippen LogP contribution in [0.3, 0.4) is 0 Å². The Morgan fingerprint density at radius 3 is 2.64 bits per heavy atom. The monoisotopic (exact) mass is 347 g/mol. The molecule has 1 aromatic rings. The molecule has 2 aliphatic heterocycles. The first-order chi connectivity index (χ1) is 12.1. The van der Waals surface area contributed by atoms with Gasteiger partial charge in [-0.3, -0.25) is 4.79 Å². The maximum Gasteiger partial charge on any atom is 0.251 e. The minimum absolute atomic E-state index is 0.0469. The van der Waals surface area contributed by atoms with E-state index >= 15 is 0 Å². The smallest absolute Gasteiger partial charge is 0.251 e. The quantitative estimate of drug-likeness (QED) is 0.859. The summed E-state index contributed by atoms with van der Waals surface area (Å²) in [6, 6.07) is 9.77. The van der Waals surface area contributed by atoms with Crippen molar-refractivity contribution in [2.45, 2.75) is 50.9 Å². The van der Waals surface area contributed by atoms with Crippen LogP contribution in [0, 0.1) is 5.92 Å². The molecule has 3 atom stereocenters. The summed E-state index contributed by atoms with van der Waals surface area (Å²) in [4.78, 5) is 14.4. The van der Waals surface area contributed by atoms with Crippen LogP contribution in [-0.2, 0) is 14.3 Å². The van der Waals surface area contributed by atoms with Gasteiger partial charge in [-0.2, -0.15) is 0 Å². The SMILES string of the molecule is CC(OCC1CCCO1)C(=O)N1CCC(C(O)c2ccccc2)CC1. The van der Waals surface area contributed by atoms with Crippen molar-refractivity contribution >= 4 is 5.91 Å². The largest absolute Gasteiger partial charge is 0.388 e. The molecule has 138 valence electrons. The summed E-state index contributed by atoms with van der Waals surface area (Å²) < 4.78 is 11.3. The molecule has 2 saturated heterocycles. The minimum atomic E-state index is -0.452. The zero-order chi connectivity index (χ0) is 17.6. The van der Waals surface area contributed by atoms with Gasteiger partial charge in [-0.05, 0) is 44.1 Å². The van der Waals surface area contributed by atoms with Crippen LogP contribution in [0.4, 0.5) is 0 Å². The number of benzene rings is 1. The number of likely N-dealkylation sites (tertiary alicyclic amines) is 1. The van der Waals surface area contributed by atoms with Crippen molar-refractivity contribution in [2.24, 2.45) is 5.92 Å². The topological polar surface area (TPSA) is 59.0 Å². The Kier molecular flexibility index (Phi) is 6.45. The second-order valence-corrected chi connectivity index (χ2v) is 7.13. The van der Waals surface area contributed by atoms with E-state index in [1.807, 2.05) is 42.2 Å². The van der Waals surface area contributed by atoms with E-state index in [0.29, 0.717) is 19.7 Å². The summed E-state index contributed by atoms with van der Waals surface area (Å²) in [7, 11) is 0. The Bertz CT molecular complexity index is 536. The molecule has 5 nitrogen and oxygen atoms in total. The average molecular weight is 347 g/mol. The number of hydrogen-bond donors (Lipinski definition) is 1. The number of aliphatic hydroxyl groups is 1. The van der Waals surface area contributed by atoms with Gasteiger partial charge in [0.2, 0.25) is 0 Å². The van der Waals surface area contributed by atoms with Crippen molar-refractivity contribution in [1.29, 1.82) is 0 Å². The van der Waals surface area contributed by atoms with Crippen molar-refractivity contribution in [3.63, 3.8) is 0 Å². The molecule has 0 saturated carbocycles. The van der Waals surface area contributed by atoms with E-state index in [1.54, 1.807) is 0 Å². The molecular formula is C20H29NO4. The molecule has 5 heteroatoms. The number of carbonyl (C=O) groups excluding carboxylic acids is 1. The number of carbonyl (C=O) groups is 1. The van der Waals surface area contributed by atoms with E-state index < -0.39 is 12.2 Å². The lowest BCUT2D eigenvalue weighted by Crippen LogP contribution is -2.45. The van der Waals surface area contributed by atoms with Crippen LogP contribution in [-0.4, -0.2) is 54.4 Å². The zero-order valence-electron chi connectivity index (χ0n) is 15.0. The van der Waals surface area contributed by atoms with Gasteiger partial charge in [0.15, 0.2) is 0 Å². The molecule has 0 spiro atoms. The maximum atomic E-state index is 12.5. The number of nitrogens with zero attached hydrogens (tertiary/aromatic N) is 1. The second kappa shape index (κ2) is 8.79. The predicted octanol–water partition coefficient (Wildman–Crippen LogP) is 2.54. The molecule has 25 heavy (non-hydrogen) atoms. The van der Waals surface area contributed by atoms with Crippen LogP contribution in [0.25, 0.3) is 0 Å². The van der Waals surface area contributed by atoms with Crippen LogP contribution in [0.5, 0.6) is 0 Å². The van der Waals surface area contributed by atoms with E-state index in [2.05, 4.69) is 0 Å². The summed E-state index contributed by atoms with van der Waals surface area (Å²) in [5, 5.41) is 10.5. The summed E-state index contributed by atoms with van der Waals surface area (Å²) in [6.07, 6.45) is 2.99. The molecule has 1 amide bonds. The van der Waals surface area contributed by atoms with Gasteiger partial charge >= 0.3 is 0 Å². The standard InChI is InChI=1S/C20H29NO4/c1-15(25-14-18-8-5-13-24-18)20(23)21-11-9-17(10-12-21)19(22)16-6-3-2-4-7-16/h2-4,6-7,15,17-19,22H,5,8-14H2,1H3. The first kappa shape index (κ1) is 18.4. The summed E-state index contributed by atoms with van der Waals surface area (Å²) in [5.74, 6) is 0.250. The van der Waals surface area contributed by atoms with Crippen molar-refractivity contribution < 1.29 is 19.4 Å². The molecule has 1 aromatic carbocycles. The molecule has 1 N–H and O–H groups in total. The van der Waals surface area contributed by atoms with Crippen LogP contribution in [0.1, 0.15) is 44.3 Å². The summed E-state index contributed by atoms with van der Waals surface area (Å²) in [6.45, 7) is 4.48. The molecule has 0 aliphatic carbocycles. The highest BCUT2D eigenvalue weighted by molar-refractivity contribution is 5.80. The molecule has 0 bridgehead atoms. The number of aliphatic hydroxyl groups excluding tert-OH is 1. The fraction of sp³-hybridized carbons (Fsp3) is 0.650. The Labute approximate surface area is 149 Å². The third kappa shape index (κ3) is 4.81. The van der Waals surface area contributed by atoms with Gasteiger partial charge in [0.05, 0.1) is 18.8 Å². The Hall–Kier alpha value is -1.43. The molecule has 2 fully saturated rings. The summed E-state index contributed by atoms with van der Waals surface area (Å²) in [5.41, 5.74) is 0.959. The predicted molar refractivity (Wildman–Crippen MR) is 95.1 cm³/mol. The van der Waals surface area contributed by atoms with Gasteiger partial charge in [0.1, 0.15) is 6.10 Å². The van der Waals surface area contributed by atoms with Crippen LogP contribution < -0.4 is 0 Å². The molecule has 0 aromatic heterocycles. The lowest BCUT2D eigenvalue weighted by molar-refractivity contribution is -0.146. The lowest BCUT2D eigenvalue weighted by atomic mass is 9.87. The van der Waals surface area contributed by atoms with Gasteiger partial charge in [-0.25, -0.2) is 0 Å². The number of piperidine rings is 1. The van der Waals surface area contributed by atoms with E-state index in [9.17, 15) is 9.90 Å². The molecular weight excluding hydrogens is 318 g/mol. The highest BCUT2D eigenvalue weighted by Crippen LogP contribution is 2.30. The molecule has 2 aliphatic rings. The van der Waals surface area contributed by atoms with Crippen molar-refractivity contribution in [1.82, 2.24) is 4.90 Å². The van der Waals surface area contributed by atoms with E-state index in [0.717, 1.165) is 37.9 Å².